The summed E-state index contributed by atoms with van der Waals surface area (Å²) in [7, 11) is 0. The molecule has 1 aliphatic rings. The highest BCUT2D eigenvalue weighted by molar-refractivity contribution is 5.47. The molecule has 0 aliphatic carbocycles. The first kappa shape index (κ1) is 15.9. The molecule has 2 N–H and O–H groups in total. The van der Waals surface area contributed by atoms with Crippen molar-refractivity contribution in [2.24, 2.45) is 0 Å². The van der Waals surface area contributed by atoms with E-state index in [0.717, 1.165) is 25.3 Å². The number of hydrogen-bond donors (Lipinski definition) is 2. The number of morpholine rings is 1. The largest absolute Gasteiger partial charge is 0.573 e. The van der Waals surface area contributed by atoms with Crippen LogP contribution in [0.2, 0.25) is 0 Å². The second-order valence-electron chi connectivity index (χ2n) is 5.08. The van der Waals surface area contributed by atoms with E-state index in [1.807, 2.05) is 6.92 Å². The summed E-state index contributed by atoms with van der Waals surface area (Å²) >= 11 is 0. The quantitative estimate of drug-likeness (QED) is 0.878. The van der Waals surface area contributed by atoms with Crippen molar-refractivity contribution >= 4 is 5.69 Å². The minimum atomic E-state index is -4.66. The van der Waals surface area contributed by atoms with Crippen LogP contribution in [0.3, 0.4) is 0 Å². The summed E-state index contributed by atoms with van der Waals surface area (Å²) in [4.78, 5) is 0. The van der Waals surface area contributed by atoms with Crippen LogP contribution in [0.5, 0.6) is 5.75 Å². The molecule has 1 saturated heterocycles. The second kappa shape index (κ2) is 7.00. The maximum absolute atomic E-state index is 12.1. The van der Waals surface area contributed by atoms with Crippen LogP contribution >= 0.6 is 0 Å². The number of anilines is 1. The molecule has 0 saturated carbocycles. The number of hydrogen-bond acceptors (Lipinski definition) is 4. The molecule has 4 nitrogen and oxygen atoms in total. The Balaban J connectivity index is 1.81. The van der Waals surface area contributed by atoms with E-state index >= 15 is 0 Å². The standard InChI is InChI=1S/C14H19F3N2O2/c1-10(8-12-9-20-7-6-18-12)19-11-2-4-13(5-3-11)21-14(15,16)17/h2-5,10,12,18-19H,6-9H2,1H3. The third-order valence-corrected chi connectivity index (χ3v) is 3.14. The Bertz CT molecular complexity index is 431. The fraction of sp³-hybridized carbons (Fsp3) is 0.571. The lowest BCUT2D eigenvalue weighted by Crippen LogP contribution is -2.43. The van der Waals surface area contributed by atoms with Gasteiger partial charge in [0.2, 0.25) is 0 Å². The van der Waals surface area contributed by atoms with Gasteiger partial charge in [0.15, 0.2) is 0 Å². The molecule has 0 radical (unpaired) electrons. The number of ether oxygens (including phenoxy) is 2. The van der Waals surface area contributed by atoms with Crippen molar-refractivity contribution in [2.45, 2.75) is 31.8 Å². The molecular weight excluding hydrogens is 285 g/mol. The maximum atomic E-state index is 12.1. The van der Waals surface area contributed by atoms with E-state index in [-0.39, 0.29) is 11.8 Å². The molecule has 1 aromatic carbocycles. The van der Waals surface area contributed by atoms with Crippen LogP contribution in [0, 0.1) is 0 Å². The normalized spacial score (nSPS) is 20.9. The molecule has 7 heteroatoms. The summed E-state index contributed by atoms with van der Waals surface area (Å²) in [6.45, 7) is 4.29. The van der Waals surface area contributed by atoms with Crippen LogP contribution in [0.15, 0.2) is 24.3 Å². The van der Waals surface area contributed by atoms with Gasteiger partial charge in [0.1, 0.15) is 5.75 Å². The SMILES string of the molecule is CC(CC1COCCN1)Nc1ccc(OC(F)(F)F)cc1. The van der Waals surface area contributed by atoms with Gasteiger partial charge >= 0.3 is 6.36 Å². The molecule has 2 atom stereocenters. The minimum absolute atomic E-state index is 0.179. The molecule has 0 amide bonds. The first-order valence-corrected chi connectivity index (χ1v) is 6.86. The monoisotopic (exact) mass is 304 g/mol. The highest BCUT2D eigenvalue weighted by Crippen LogP contribution is 2.24. The summed E-state index contributed by atoms with van der Waals surface area (Å²) in [5.41, 5.74) is 0.758. The van der Waals surface area contributed by atoms with Crippen LogP contribution in [-0.2, 0) is 4.74 Å². The van der Waals surface area contributed by atoms with Crippen LogP contribution in [-0.4, -0.2) is 38.2 Å². The Morgan fingerprint density at radius 2 is 2.10 bits per heavy atom. The van der Waals surface area contributed by atoms with Crippen molar-refractivity contribution in [3.8, 4) is 5.75 Å². The van der Waals surface area contributed by atoms with Crippen molar-refractivity contribution in [3.05, 3.63) is 24.3 Å². The van der Waals surface area contributed by atoms with Crippen LogP contribution in [0.1, 0.15) is 13.3 Å². The topological polar surface area (TPSA) is 42.5 Å². The molecule has 21 heavy (non-hydrogen) atoms. The third kappa shape index (κ3) is 5.81. The van der Waals surface area contributed by atoms with E-state index in [1.165, 1.54) is 12.1 Å². The van der Waals surface area contributed by atoms with Crippen molar-refractivity contribution in [1.82, 2.24) is 5.32 Å². The van der Waals surface area contributed by atoms with Gasteiger partial charge in [-0.1, -0.05) is 0 Å². The Kier molecular flexibility index (Phi) is 5.30. The van der Waals surface area contributed by atoms with Crippen molar-refractivity contribution in [3.63, 3.8) is 0 Å². The first-order valence-electron chi connectivity index (χ1n) is 6.86. The van der Waals surface area contributed by atoms with Gasteiger partial charge in [-0.05, 0) is 37.6 Å². The predicted octanol–water partition coefficient (Wildman–Crippen LogP) is 2.76. The average molecular weight is 304 g/mol. The lowest BCUT2D eigenvalue weighted by atomic mass is 10.1. The molecule has 1 aromatic rings. The van der Waals surface area contributed by atoms with Crippen LogP contribution in [0.4, 0.5) is 18.9 Å². The van der Waals surface area contributed by atoms with E-state index < -0.39 is 6.36 Å². The lowest BCUT2D eigenvalue weighted by molar-refractivity contribution is -0.274. The molecule has 1 heterocycles. The van der Waals surface area contributed by atoms with E-state index in [0.29, 0.717) is 12.6 Å². The summed E-state index contributed by atoms with van der Waals surface area (Å²) in [5, 5.41) is 6.61. The zero-order valence-corrected chi connectivity index (χ0v) is 11.7. The summed E-state index contributed by atoms with van der Waals surface area (Å²) in [6, 6.07) is 6.22. The molecule has 0 bridgehead atoms. The Labute approximate surface area is 121 Å². The summed E-state index contributed by atoms with van der Waals surface area (Å²) in [5.74, 6) is -0.219. The molecular formula is C14H19F3N2O2. The van der Waals surface area contributed by atoms with Crippen molar-refractivity contribution in [1.29, 1.82) is 0 Å². The number of alkyl halides is 3. The Hall–Kier alpha value is -1.47. The van der Waals surface area contributed by atoms with Gasteiger partial charge in [0.05, 0.1) is 13.2 Å². The van der Waals surface area contributed by atoms with Gasteiger partial charge in [-0.2, -0.15) is 0 Å². The number of benzene rings is 1. The fourth-order valence-corrected chi connectivity index (χ4v) is 2.29. The molecule has 2 unspecified atom stereocenters. The van der Waals surface area contributed by atoms with Crippen molar-refractivity contribution in [2.75, 3.05) is 25.1 Å². The summed E-state index contributed by atoms with van der Waals surface area (Å²) in [6.07, 6.45) is -3.78. The minimum Gasteiger partial charge on any atom is -0.406 e. The van der Waals surface area contributed by atoms with Gasteiger partial charge in [0.25, 0.3) is 0 Å². The third-order valence-electron chi connectivity index (χ3n) is 3.14. The van der Waals surface area contributed by atoms with E-state index in [2.05, 4.69) is 15.4 Å². The molecule has 1 fully saturated rings. The average Bonchev–Trinajstić information content (AvgIpc) is 2.40. The molecule has 0 aromatic heterocycles. The highest BCUT2D eigenvalue weighted by atomic mass is 19.4. The number of nitrogens with one attached hydrogen (secondary N) is 2. The molecule has 1 aliphatic heterocycles. The first-order chi connectivity index (χ1) is 9.92. The molecule has 118 valence electrons. The van der Waals surface area contributed by atoms with E-state index in [9.17, 15) is 13.2 Å². The number of rotatable bonds is 5. The predicted molar refractivity (Wildman–Crippen MR) is 73.4 cm³/mol. The van der Waals surface area contributed by atoms with Crippen LogP contribution < -0.4 is 15.4 Å². The zero-order valence-electron chi connectivity index (χ0n) is 11.7. The van der Waals surface area contributed by atoms with Gasteiger partial charge < -0.3 is 20.1 Å². The van der Waals surface area contributed by atoms with Crippen LogP contribution in [0.25, 0.3) is 0 Å². The Morgan fingerprint density at radius 1 is 1.38 bits per heavy atom. The van der Waals surface area contributed by atoms with E-state index in [4.69, 9.17) is 4.74 Å². The summed E-state index contributed by atoms with van der Waals surface area (Å²) < 4.78 is 45.4. The smallest absolute Gasteiger partial charge is 0.406 e. The maximum Gasteiger partial charge on any atom is 0.573 e. The van der Waals surface area contributed by atoms with Gasteiger partial charge in [-0.25, -0.2) is 0 Å². The van der Waals surface area contributed by atoms with Gasteiger partial charge in [0, 0.05) is 24.3 Å². The lowest BCUT2D eigenvalue weighted by Gasteiger charge is -2.27. The molecule has 0 spiro atoms. The zero-order chi connectivity index (χ0) is 15.3. The number of halogens is 3. The van der Waals surface area contributed by atoms with Crippen molar-refractivity contribution < 1.29 is 22.6 Å². The van der Waals surface area contributed by atoms with Gasteiger partial charge in [-0.3, -0.25) is 0 Å². The molecule has 2 rings (SSSR count). The Morgan fingerprint density at radius 3 is 2.67 bits per heavy atom. The fourth-order valence-electron chi connectivity index (χ4n) is 2.29. The van der Waals surface area contributed by atoms with E-state index in [1.54, 1.807) is 12.1 Å². The van der Waals surface area contributed by atoms with Gasteiger partial charge in [-0.15, -0.1) is 13.2 Å². The highest BCUT2D eigenvalue weighted by Gasteiger charge is 2.30. The second-order valence-corrected chi connectivity index (χ2v) is 5.08.